The van der Waals surface area contributed by atoms with E-state index in [1.54, 1.807) is 0 Å². The summed E-state index contributed by atoms with van der Waals surface area (Å²) in [6.07, 6.45) is 0.876. The highest BCUT2D eigenvalue weighted by molar-refractivity contribution is 5.97. The lowest BCUT2D eigenvalue weighted by Gasteiger charge is -2.31. The van der Waals surface area contributed by atoms with E-state index in [9.17, 15) is 9.59 Å². The molecule has 2 aliphatic heterocycles. The lowest BCUT2D eigenvalue weighted by atomic mass is 9.97. The zero-order chi connectivity index (χ0) is 18.7. The molecule has 3 amide bonds. The number of urea groups is 1. The Hall–Kier alpha value is -2.28. The quantitative estimate of drug-likeness (QED) is 0.767. The summed E-state index contributed by atoms with van der Waals surface area (Å²) in [7, 11) is 0. The smallest absolute Gasteiger partial charge is 0.324 e. The summed E-state index contributed by atoms with van der Waals surface area (Å²) in [5.74, 6) is 1.44. The predicted octanol–water partition coefficient (Wildman–Crippen LogP) is 0.365. The van der Waals surface area contributed by atoms with Gasteiger partial charge in [-0.15, -0.1) is 0 Å². The Kier molecular flexibility index (Phi) is 5.66. The zero-order valence-electron chi connectivity index (χ0n) is 15.8. The minimum atomic E-state index is -0.279. The molecule has 3 rings (SSSR count). The van der Waals surface area contributed by atoms with Gasteiger partial charge >= 0.3 is 6.03 Å². The number of hydrogen-bond acceptors (Lipinski definition) is 4. The topological polar surface area (TPSA) is 72.3 Å². The standard InChI is InChI=1S/C19H27N3O4/c1-4-25-16-10-14-6-8-21(12-15(14)11-17(16)26-5-2)13(3)18(23)22-9-7-20-19(22)24/h10-11,13H,4-9,12H2,1-3H3,(H,20,24)/p+1/t13-/m1/s1. The fourth-order valence-corrected chi connectivity index (χ4v) is 3.67. The lowest BCUT2D eigenvalue weighted by Crippen LogP contribution is -3.16. The van der Waals surface area contributed by atoms with Gasteiger partial charge in [0.2, 0.25) is 0 Å². The van der Waals surface area contributed by atoms with E-state index in [2.05, 4.69) is 11.4 Å². The fraction of sp³-hybridized carbons (Fsp3) is 0.579. The van der Waals surface area contributed by atoms with Crippen LogP contribution in [0.3, 0.4) is 0 Å². The number of hydrogen-bond donors (Lipinski definition) is 2. The number of imide groups is 1. The Bertz CT molecular complexity index is 692. The summed E-state index contributed by atoms with van der Waals surface area (Å²) < 4.78 is 11.4. The molecule has 0 aliphatic carbocycles. The number of fused-ring (bicyclic) bond motifs is 1. The van der Waals surface area contributed by atoms with E-state index < -0.39 is 0 Å². The Morgan fingerprint density at radius 3 is 2.46 bits per heavy atom. The summed E-state index contributed by atoms with van der Waals surface area (Å²) in [4.78, 5) is 27.0. The average Bonchev–Trinajstić information content (AvgIpc) is 3.07. The molecule has 26 heavy (non-hydrogen) atoms. The fourth-order valence-electron chi connectivity index (χ4n) is 3.67. The van der Waals surface area contributed by atoms with Crippen LogP contribution in [0.1, 0.15) is 31.9 Å². The van der Waals surface area contributed by atoms with Crippen LogP contribution >= 0.6 is 0 Å². The molecule has 1 saturated heterocycles. The Balaban J connectivity index is 1.76. The van der Waals surface area contributed by atoms with Crippen molar-refractivity contribution in [3.8, 4) is 11.5 Å². The number of nitrogens with zero attached hydrogens (tertiary/aromatic N) is 1. The highest BCUT2D eigenvalue weighted by Crippen LogP contribution is 2.32. The van der Waals surface area contributed by atoms with Gasteiger partial charge in [-0.2, -0.15) is 0 Å². The molecule has 1 aromatic rings. The van der Waals surface area contributed by atoms with Gasteiger partial charge < -0.3 is 19.7 Å². The largest absolute Gasteiger partial charge is 0.490 e. The van der Waals surface area contributed by atoms with Crippen LogP contribution in [0.2, 0.25) is 0 Å². The molecule has 0 aromatic heterocycles. The number of carbonyl (C=O) groups is 2. The van der Waals surface area contributed by atoms with Gasteiger partial charge in [-0.3, -0.25) is 9.69 Å². The molecule has 7 nitrogen and oxygen atoms in total. The monoisotopic (exact) mass is 362 g/mol. The molecule has 7 heteroatoms. The first-order chi connectivity index (χ1) is 12.5. The predicted molar refractivity (Wildman–Crippen MR) is 96.6 cm³/mol. The summed E-state index contributed by atoms with van der Waals surface area (Å²) >= 11 is 0. The van der Waals surface area contributed by atoms with E-state index >= 15 is 0 Å². The molecule has 2 heterocycles. The molecule has 0 spiro atoms. The van der Waals surface area contributed by atoms with Crippen molar-refractivity contribution in [2.24, 2.45) is 0 Å². The molecule has 1 unspecified atom stereocenters. The maximum absolute atomic E-state index is 12.7. The first-order valence-electron chi connectivity index (χ1n) is 9.40. The van der Waals surface area contributed by atoms with Crippen LogP contribution in [-0.2, 0) is 17.8 Å². The van der Waals surface area contributed by atoms with Crippen LogP contribution in [0, 0.1) is 0 Å². The van der Waals surface area contributed by atoms with Gasteiger partial charge in [0.1, 0.15) is 6.54 Å². The van der Waals surface area contributed by atoms with Gasteiger partial charge in [-0.05, 0) is 38.5 Å². The van der Waals surface area contributed by atoms with Gasteiger partial charge in [0.25, 0.3) is 5.91 Å². The second-order valence-corrected chi connectivity index (χ2v) is 6.71. The first-order valence-corrected chi connectivity index (χ1v) is 9.40. The lowest BCUT2D eigenvalue weighted by molar-refractivity contribution is -0.930. The normalized spacial score (nSPS) is 20.3. The van der Waals surface area contributed by atoms with Gasteiger partial charge in [-0.1, -0.05) is 0 Å². The van der Waals surface area contributed by atoms with Crippen molar-refractivity contribution in [3.05, 3.63) is 23.3 Å². The van der Waals surface area contributed by atoms with Crippen molar-refractivity contribution >= 4 is 11.9 Å². The van der Waals surface area contributed by atoms with Crippen LogP contribution in [0.4, 0.5) is 4.79 Å². The Morgan fingerprint density at radius 2 is 1.88 bits per heavy atom. The molecule has 1 aromatic carbocycles. The highest BCUT2D eigenvalue weighted by Gasteiger charge is 2.36. The number of benzene rings is 1. The summed E-state index contributed by atoms with van der Waals surface area (Å²) in [6, 6.07) is 3.58. The summed E-state index contributed by atoms with van der Waals surface area (Å²) in [5, 5.41) is 2.69. The molecule has 1 fully saturated rings. The average molecular weight is 362 g/mol. The van der Waals surface area contributed by atoms with Gasteiger partial charge in [0.15, 0.2) is 17.5 Å². The third kappa shape index (κ3) is 3.62. The number of rotatable bonds is 6. The third-order valence-electron chi connectivity index (χ3n) is 5.10. The van der Waals surface area contributed by atoms with E-state index in [1.807, 2.05) is 26.8 Å². The van der Waals surface area contributed by atoms with Crippen molar-refractivity contribution in [3.63, 3.8) is 0 Å². The SMILES string of the molecule is CCOc1cc2c(cc1OCC)C[NH+]([C@H](C)C(=O)N1CCNC1=O)CC2. The van der Waals surface area contributed by atoms with Crippen LogP contribution in [0.5, 0.6) is 11.5 Å². The minimum absolute atomic E-state index is 0.102. The first kappa shape index (κ1) is 18.5. The molecular weight excluding hydrogens is 334 g/mol. The molecular formula is C19H28N3O4+. The third-order valence-corrected chi connectivity index (χ3v) is 5.10. The van der Waals surface area contributed by atoms with Crippen LogP contribution in [0.25, 0.3) is 0 Å². The van der Waals surface area contributed by atoms with E-state index in [1.165, 1.54) is 20.9 Å². The molecule has 2 atom stereocenters. The minimum Gasteiger partial charge on any atom is -0.490 e. The number of nitrogens with one attached hydrogen (secondary N) is 2. The number of carbonyl (C=O) groups excluding carboxylic acids is 2. The number of amides is 3. The molecule has 142 valence electrons. The number of quaternary nitrogens is 1. The molecule has 0 bridgehead atoms. The van der Waals surface area contributed by atoms with Crippen LogP contribution in [-0.4, -0.2) is 55.7 Å². The Labute approximate surface area is 154 Å². The Morgan fingerprint density at radius 1 is 1.23 bits per heavy atom. The van der Waals surface area contributed by atoms with E-state index in [0.717, 1.165) is 31.0 Å². The van der Waals surface area contributed by atoms with E-state index in [4.69, 9.17) is 9.47 Å². The van der Waals surface area contributed by atoms with Crippen molar-refractivity contribution < 1.29 is 24.0 Å². The van der Waals surface area contributed by atoms with Crippen molar-refractivity contribution in [1.82, 2.24) is 10.2 Å². The second-order valence-electron chi connectivity index (χ2n) is 6.71. The van der Waals surface area contributed by atoms with Gasteiger partial charge in [-0.25, -0.2) is 4.79 Å². The molecule has 0 radical (unpaired) electrons. The van der Waals surface area contributed by atoms with Gasteiger partial charge in [0.05, 0.1) is 19.8 Å². The van der Waals surface area contributed by atoms with E-state index in [-0.39, 0.29) is 18.0 Å². The maximum Gasteiger partial charge on any atom is 0.324 e. The van der Waals surface area contributed by atoms with Crippen molar-refractivity contribution in [1.29, 1.82) is 0 Å². The summed E-state index contributed by atoms with van der Waals surface area (Å²) in [5.41, 5.74) is 2.43. The number of ether oxygens (including phenoxy) is 2. The highest BCUT2D eigenvalue weighted by atomic mass is 16.5. The van der Waals surface area contributed by atoms with Crippen molar-refractivity contribution in [2.45, 2.75) is 39.8 Å². The zero-order valence-corrected chi connectivity index (χ0v) is 15.8. The second kappa shape index (κ2) is 7.95. The molecule has 2 N–H and O–H groups in total. The van der Waals surface area contributed by atoms with Gasteiger partial charge in [0, 0.05) is 25.1 Å². The van der Waals surface area contributed by atoms with Crippen molar-refractivity contribution in [2.75, 3.05) is 32.8 Å². The van der Waals surface area contributed by atoms with E-state index in [0.29, 0.717) is 26.3 Å². The van der Waals surface area contributed by atoms with Crippen LogP contribution in [0.15, 0.2) is 12.1 Å². The summed E-state index contributed by atoms with van der Waals surface area (Å²) in [6.45, 7) is 9.59. The molecule has 0 saturated carbocycles. The molecule has 2 aliphatic rings. The maximum atomic E-state index is 12.7. The van der Waals surface area contributed by atoms with Crippen LogP contribution < -0.4 is 19.7 Å².